The van der Waals surface area contributed by atoms with Crippen LogP contribution in [0, 0.1) is 0 Å². The third-order valence-electron chi connectivity index (χ3n) is 4.08. The number of rotatable bonds is 4. The van der Waals surface area contributed by atoms with Crippen molar-refractivity contribution in [2.24, 2.45) is 0 Å². The molecule has 1 aliphatic heterocycles. The van der Waals surface area contributed by atoms with Crippen LogP contribution in [0.5, 0.6) is 0 Å². The molecule has 0 bridgehead atoms. The standard InChI is InChI=1S/C16H23N7/c1-4-13-10-17-16(18-11-13)23-7-5-22(6-8-23)15-9-14(21(2)3)19-12-20-15/h9-12H,4-8H2,1-3H3. The predicted molar refractivity (Wildman–Crippen MR) is 92.2 cm³/mol. The molecule has 122 valence electrons. The fourth-order valence-corrected chi connectivity index (χ4v) is 2.58. The van der Waals surface area contributed by atoms with Crippen LogP contribution in [-0.4, -0.2) is 60.2 Å². The summed E-state index contributed by atoms with van der Waals surface area (Å²) in [6.45, 7) is 5.71. The maximum atomic E-state index is 4.47. The van der Waals surface area contributed by atoms with Crippen LogP contribution in [0.4, 0.5) is 17.6 Å². The zero-order valence-electron chi connectivity index (χ0n) is 14.0. The predicted octanol–water partition coefficient (Wildman–Crippen LogP) is 1.22. The minimum absolute atomic E-state index is 0.818. The highest BCUT2D eigenvalue weighted by atomic mass is 15.3. The third-order valence-corrected chi connectivity index (χ3v) is 4.08. The van der Waals surface area contributed by atoms with Gasteiger partial charge >= 0.3 is 0 Å². The first kappa shape index (κ1) is 15.5. The number of hydrogen-bond donors (Lipinski definition) is 0. The van der Waals surface area contributed by atoms with Crippen LogP contribution >= 0.6 is 0 Å². The lowest BCUT2D eigenvalue weighted by molar-refractivity contribution is 0.633. The van der Waals surface area contributed by atoms with Crippen LogP contribution in [0.1, 0.15) is 12.5 Å². The molecular formula is C16H23N7. The minimum atomic E-state index is 0.818. The van der Waals surface area contributed by atoms with Gasteiger partial charge in [0.2, 0.25) is 5.95 Å². The van der Waals surface area contributed by atoms with Crippen molar-refractivity contribution in [1.29, 1.82) is 0 Å². The van der Waals surface area contributed by atoms with Crippen molar-refractivity contribution in [1.82, 2.24) is 19.9 Å². The van der Waals surface area contributed by atoms with Gasteiger partial charge in [0.25, 0.3) is 0 Å². The minimum Gasteiger partial charge on any atom is -0.363 e. The van der Waals surface area contributed by atoms with E-state index >= 15 is 0 Å². The molecule has 0 radical (unpaired) electrons. The fraction of sp³-hybridized carbons (Fsp3) is 0.500. The smallest absolute Gasteiger partial charge is 0.225 e. The molecule has 0 saturated carbocycles. The molecule has 0 atom stereocenters. The van der Waals surface area contributed by atoms with Crippen molar-refractivity contribution in [3.8, 4) is 0 Å². The van der Waals surface area contributed by atoms with E-state index in [1.807, 2.05) is 37.5 Å². The largest absolute Gasteiger partial charge is 0.363 e. The number of anilines is 3. The molecule has 1 saturated heterocycles. The Bertz CT molecular complexity index is 633. The quantitative estimate of drug-likeness (QED) is 0.841. The second-order valence-electron chi connectivity index (χ2n) is 5.85. The van der Waals surface area contributed by atoms with Gasteiger partial charge in [-0.3, -0.25) is 0 Å². The zero-order valence-corrected chi connectivity index (χ0v) is 14.0. The van der Waals surface area contributed by atoms with Gasteiger partial charge in [0.1, 0.15) is 18.0 Å². The summed E-state index contributed by atoms with van der Waals surface area (Å²) in [4.78, 5) is 24.1. The van der Waals surface area contributed by atoms with Gasteiger partial charge in [-0.1, -0.05) is 6.92 Å². The van der Waals surface area contributed by atoms with Gasteiger partial charge in [-0.15, -0.1) is 0 Å². The summed E-state index contributed by atoms with van der Waals surface area (Å²) in [7, 11) is 3.97. The van der Waals surface area contributed by atoms with E-state index in [9.17, 15) is 0 Å². The molecule has 7 heteroatoms. The SMILES string of the molecule is CCc1cnc(N2CCN(c3cc(N(C)C)ncn3)CC2)nc1. The summed E-state index contributed by atoms with van der Waals surface area (Å²) in [5.74, 6) is 2.72. The van der Waals surface area contributed by atoms with E-state index in [0.29, 0.717) is 0 Å². The Morgan fingerprint density at radius 2 is 1.61 bits per heavy atom. The molecule has 1 fully saturated rings. The van der Waals surface area contributed by atoms with Gasteiger partial charge in [0.15, 0.2) is 0 Å². The molecule has 0 spiro atoms. The Morgan fingerprint density at radius 3 is 2.22 bits per heavy atom. The number of hydrogen-bond acceptors (Lipinski definition) is 7. The van der Waals surface area contributed by atoms with Crippen LogP contribution in [0.25, 0.3) is 0 Å². The number of aromatic nitrogens is 4. The zero-order chi connectivity index (χ0) is 16.2. The van der Waals surface area contributed by atoms with Gasteiger partial charge in [-0.05, 0) is 12.0 Å². The summed E-state index contributed by atoms with van der Waals surface area (Å²) in [5, 5.41) is 0. The highest BCUT2D eigenvalue weighted by Crippen LogP contribution is 2.19. The lowest BCUT2D eigenvalue weighted by atomic mass is 10.3. The van der Waals surface area contributed by atoms with Gasteiger partial charge in [0, 0.05) is 58.7 Å². The molecule has 0 amide bonds. The molecule has 3 rings (SSSR count). The number of nitrogens with zero attached hydrogens (tertiary/aromatic N) is 7. The maximum absolute atomic E-state index is 4.47. The van der Waals surface area contributed by atoms with E-state index in [4.69, 9.17) is 0 Å². The maximum Gasteiger partial charge on any atom is 0.225 e. The summed E-state index contributed by atoms with van der Waals surface area (Å²) < 4.78 is 0. The van der Waals surface area contributed by atoms with E-state index < -0.39 is 0 Å². The molecule has 7 nitrogen and oxygen atoms in total. The molecule has 2 aromatic rings. The van der Waals surface area contributed by atoms with Crippen LogP contribution in [-0.2, 0) is 6.42 Å². The van der Waals surface area contributed by atoms with Gasteiger partial charge in [-0.2, -0.15) is 0 Å². The van der Waals surface area contributed by atoms with Crippen molar-refractivity contribution < 1.29 is 0 Å². The first-order valence-corrected chi connectivity index (χ1v) is 7.97. The molecule has 0 N–H and O–H groups in total. The molecule has 1 aliphatic rings. The van der Waals surface area contributed by atoms with Crippen molar-refractivity contribution in [3.63, 3.8) is 0 Å². The van der Waals surface area contributed by atoms with Crippen molar-refractivity contribution in [3.05, 3.63) is 30.4 Å². The molecule has 3 heterocycles. The number of piperazine rings is 1. The topological polar surface area (TPSA) is 61.3 Å². The number of aryl methyl sites for hydroxylation is 1. The highest BCUT2D eigenvalue weighted by Gasteiger charge is 2.20. The Morgan fingerprint density at radius 1 is 0.957 bits per heavy atom. The van der Waals surface area contributed by atoms with Crippen molar-refractivity contribution in [2.75, 3.05) is 55.0 Å². The van der Waals surface area contributed by atoms with Crippen molar-refractivity contribution >= 4 is 17.6 Å². The van der Waals surface area contributed by atoms with Crippen molar-refractivity contribution in [2.45, 2.75) is 13.3 Å². The van der Waals surface area contributed by atoms with E-state index in [1.165, 1.54) is 5.56 Å². The lowest BCUT2D eigenvalue weighted by Crippen LogP contribution is -2.47. The first-order chi connectivity index (χ1) is 11.2. The second-order valence-corrected chi connectivity index (χ2v) is 5.85. The summed E-state index contributed by atoms with van der Waals surface area (Å²) in [6, 6.07) is 2.03. The van der Waals surface area contributed by atoms with E-state index in [-0.39, 0.29) is 0 Å². The Hall–Kier alpha value is -2.44. The van der Waals surface area contributed by atoms with Gasteiger partial charge in [0.05, 0.1) is 0 Å². The molecule has 0 unspecified atom stereocenters. The monoisotopic (exact) mass is 313 g/mol. The van der Waals surface area contributed by atoms with Crippen LogP contribution in [0.2, 0.25) is 0 Å². The Balaban J connectivity index is 1.64. The summed E-state index contributed by atoms with van der Waals surface area (Å²) in [6.07, 6.45) is 6.44. The lowest BCUT2D eigenvalue weighted by Gasteiger charge is -2.35. The Kier molecular flexibility index (Phi) is 4.55. The summed E-state index contributed by atoms with van der Waals surface area (Å²) >= 11 is 0. The second kappa shape index (κ2) is 6.76. The van der Waals surface area contributed by atoms with E-state index in [0.717, 1.165) is 50.2 Å². The van der Waals surface area contributed by atoms with E-state index in [2.05, 4.69) is 36.7 Å². The molecular weight excluding hydrogens is 290 g/mol. The van der Waals surface area contributed by atoms with Gasteiger partial charge in [-0.25, -0.2) is 19.9 Å². The first-order valence-electron chi connectivity index (χ1n) is 7.97. The average Bonchev–Trinajstić information content (AvgIpc) is 2.62. The molecule has 23 heavy (non-hydrogen) atoms. The third kappa shape index (κ3) is 3.49. The van der Waals surface area contributed by atoms with Crippen LogP contribution < -0.4 is 14.7 Å². The average molecular weight is 313 g/mol. The molecule has 2 aromatic heterocycles. The molecule has 0 aromatic carbocycles. The summed E-state index contributed by atoms with van der Waals surface area (Å²) in [5.41, 5.74) is 1.17. The van der Waals surface area contributed by atoms with Crippen LogP contribution in [0.3, 0.4) is 0 Å². The molecule has 0 aliphatic carbocycles. The normalized spacial score (nSPS) is 14.9. The van der Waals surface area contributed by atoms with Gasteiger partial charge < -0.3 is 14.7 Å². The fourth-order valence-electron chi connectivity index (χ4n) is 2.58. The highest BCUT2D eigenvalue weighted by molar-refractivity contribution is 5.50. The van der Waals surface area contributed by atoms with E-state index in [1.54, 1.807) is 6.33 Å². The van der Waals surface area contributed by atoms with Crippen LogP contribution in [0.15, 0.2) is 24.8 Å². The Labute approximate surface area is 137 Å².